The van der Waals surface area contributed by atoms with Crippen molar-refractivity contribution in [1.82, 2.24) is 0 Å². The molecule has 1 heterocycles. The summed E-state index contributed by atoms with van der Waals surface area (Å²) in [6, 6.07) is 0. The predicted molar refractivity (Wildman–Crippen MR) is 45.4 cm³/mol. The first-order valence-electron chi connectivity index (χ1n) is 4.07. The highest BCUT2D eigenvalue weighted by Crippen LogP contribution is 2.30. The SMILES string of the molecule is NCCC1(F)CCS(=O)(=O)CC1. The van der Waals surface area contributed by atoms with Gasteiger partial charge < -0.3 is 5.73 Å². The summed E-state index contributed by atoms with van der Waals surface area (Å²) in [5.41, 5.74) is 3.90. The van der Waals surface area contributed by atoms with E-state index in [-0.39, 0.29) is 37.3 Å². The first-order valence-corrected chi connectivity index (χ1v) is 5.89. The van der Waals surface area contributed by atoms with Gasteiger partial charge in [0.05, 0.1) is 11.5 Å². The van der Waals surface area contributed by atoms with Crippen molar-refractivity contribution in [1.29, 1.82) is 0 Å². The van der Waals surface area contributed by atoms with E-state index in [0.717, 1.165) is 0 Å². The summed E-state index contributed by atoms with van der Waals surface area (Å²) in [6.07, 6.45) is 0.515. The van der Waals surface area contributed by atoms with Crippen LogP contribution in [0, 0.1) is 0 Å². The number of alkyl halides is 1. The maximum Gasteiger partial charge on any atom is 0.150 e. The van der Waals surface area contributed by atoms with Crippen molar-refractivity contribution >= 4 is 9.84 Å². The van der Waals surface area contributed by atoms with Crippen molar-refractivity contribution < 1.29 is 12.8 Å². The Morgan fingerprint density at radius 2 is 1.83 bits per heavy atom. The van der Waals surface area contributed by atoms with Crippen LogP contribution in [0.1, 0.15) is 19.3 Å². The van der Waals surface area contributed by atoms with Crippen LogP contribution >= 0.6 is 0 Å². The van der Waals surface area contributed by atoms with Crippen LogP contribution in [-0.2, 0) is 9.84 Å². The molecule has 1 rings (SSSR count). The quantitative estimate of drug-likeness (QED) is 0.687. The van der Waals surface area contributed by atoms with Gasteiger partial charge in [-0.1, -0.05) is 0 Å². The Morgan fingerprint density at radius 3 is 2.25 bits per heavy atom. The van der Waals surface area contributed by atoms with Crippen LogP contribution < -0.4 is 5.73 Å². The maximum absolute atomic E-state index is 13.6. The van der Waals surface area contributed by atoms with Gasteiger partial charge in [0, 0.05) is 0 Å². The van der Waals surface area contributed by atoms with Gasteiger partial charge in [0.15, 0.2) is 9.84 Å². The van der Waals surface area contributed by atoms with Gasteiger partial charge in [-0.15, -0.1) is 0 Å². The molecule has 72 valence electrons. The van der Waals surface area contributed by atoms with Gasteiger partial charge in [-0.25, -0.2) is 12.8 Å². The molecular formula is C7H14FNO2S. The average molecular weight is 195 g/mol. The third kappa shape index (κ3) is 2.42. The Balaban J connectivity index is 2.55. The zero-order chi connectivity index (χ0) is 9.24. The highest BCUT2D eigenvalue weighted by atomic mass is 32.2. The van der Waals surface area contributed by atoms with Crippen LogP contribution in [0.5, 0.6) is 0 Å². The van der Waals surface area contributed by atoms with Crippen molar-refractivity contribution in [3.05, 3.63) is 0 Å². The lowest BCUT2D eigenvalue weighted by Gasteiger charge is -2.28. The van der Waals surface area contributed by atoms with Gasteiger partial charge in [-0.3, -0.25) is 0 Å². The topological polar surface area (TPSA) is 60.2 Å². The Kier molecular flexibility index (Phi) is 2.73. The molecule has 0 aromatic heterocycles. The number of rotatable bonds is 2. The van der Waals surface area contributed by atoms with E-state index < -0.39 is 15.5 Å². The van der Waals surface area contributed by atoms with E-state index in [2.05, 4.69) is 0 Å². The van der Waals surface area contributed by atoms with E-state index in [9.17, 15) is 12.8 Å². The molecule has 0 aromatic carbocycles. The molecule has 12 heavy (non-hydrogen) atoms. The van der Waals surface area contributed by atoms with Crippen LogP contribution in [0.2, 0.25) is 0 Å². The van der Waals surface area contributed by atoms with Gasteiger partial charge in [0.25, 0.3) is 0 Å². The Bertz CT molecular complexity index is 236. The van der Waals surface area contributed by atoms with Gasteiger partial charge in [0.2, 0.25) is 0 Å². The van der Waals surface area contributed by atoms with Gasteiger partial charge in [-0.05, 0) is 25.8 Å². The lowest BCUT2D eigenvalue weighted by molar-refractivity contribution is 0.138. The highest BCUT2D eigenvalue weighted by Gasteiger charge is 2.36. The Labute approximate surface area is 72.1 Å². The van der Waals surface area contributed by atoms with Crippen LogP contribution in [-0.4, -0.2) is 32.1 Å². The summed E-state index contributed by atoms with van der Waals surface area (Å²) in [4.78, 5) is 0. The number of hydrogen-bond donors (Lipinski definition) is 1. The monoisotopic (exact) mass is 195 g/mol. The van der Waals surface area contributed by atoms with Crippen molar-refractivity contribution in [2.75, 3.05) is 18.1 Å². The molecule has 0 spiro atoms. The van der Waals surface area contributed by atoms with Crippen molar-refractivity contribution in [3.8, 4) is 0 Å². The lowest BCUT2D eigenvalue weighted by Crippen LogP contribution is -2.37. The second-order valence-electron chi connectivity index (χ2n) is 3.34. The minimum Gasteiger partial charge on any atom is -0.330 e. The fourth-order valence-corrected chi connectivity index (χ4v) is 2.97. The Hall–Kier alpha value is -0.160. The van der Waals surface area contributed by atoms with E-state index in [4.69, 9.17) is 5.73 Å². The van der Waals surface area contributed by atoms with Crippen molar-refractivity contribution in [2.24, 2.45) is 5.73 Å². The molecule has 2 N–H and O–H groups in total. The summed E-state index contributed by atoms with van der Waals surface area (Å²) < 4.78 is 35.5. The molecular weight excluding hydrogens is 181 g/mol. The zero-order valence-corrected chi connectivity index (χ0v) is 7.74. The van der Waals surface area contributed by atoms with E-state index in [1.807, 2.05) is 0 Å². The summed E-state index contributed by atoms with van der Waals surface area (Å²) in [5.74, 6) is -0.0486. The summed E-state index contributed by atoms with van der Waals surface area (Å²) in [6.45, 7) is 0.288. The smallest absolute Gasteiger partial charge is 0.150 e. The second kappa shape index (κ2) is 3.30. The first-order chi connectivity index (χ1) is 5.47. The third-order valence-corrected chi connectivity index (χ3v) is 3.97. The molecule has 0 bridgehead atoms. The van der Waals surface area contributed by atoms with E-state index >= 15 is 0 Å². The number of sulfone groups is 1. The molecule has 0 aliphatic carbocycles. The molecule has 0 atom stereocenters. The maximum atomic E-state index is 13.6. The molecule has 1 aliphatic rings. The first kappa shape index (κ1) is 9.92. The van der Waals surface area contributed by atoms with Crippen LogP contribution in [0.3, 0.4) is 0 Å². The fraction of sp³-hybridized carbons (Fsp3) is 1.00. The van der Waals surface area contributed by atoms with E-state index in [0.29, 0.717) is 0 Å². The molecule has 1 fully saturated rings. The molecule has 5 heteroatoms. The zero-order valence-electron chi connectivity index (χ0n) is 6.92. The fourth-order valence-electron chi connectivity index (χ4n) is 1.41. The minimum atomic E-state index is -2.95. The minimum absolute atomic E-state index is 0.0243. The molecule has 0 amide bonds. The predicted octanol–water partition coefficient (Wildman–Crippen LogP) is 0.252. The molecule has 0 radical (unpaired) electrons. The molecule has 1 saturated heterocycles. The van der Waals surface area contributed by atoms with Crippen molar-refractivity contribution in [3.63, 3.8) is 0 Å². The summed E-state index contributed by atoms with van der Waals surface area (Å²) in [7, 11) is -2.95. The van der Waals surface area contributed by atoms with E-state index in [1.165, 1.54) is 0 Å². The normalized spacial score (nSPS) is 26.8. The van der Waals surface area contributed by atoms with Gasteiger partial charge in [-0.2, -0.15) is 0 Å². The standard InChI is InChI=1S/C7H14FNO2S/c8-7(1-4-9)2-5-12(10,11)6-3-7/h1-6,9H2. The molecule has 1 aliphatic heterocycles. The largest absolute Gasteiger partial charge is 0.330 e. The highest BCUT2D eigenvalue weighted by molar-refractivity contribution is 7.91. The summed E-state index contributed by atoms with van der Waals surface area (Å²) in [5, 5.41) is 0. The number of nitrogens with two attached hydrogens (primary N) is 1. The van der Waals surface area contributed by atoms with Crippen molar-refractivity contribution in [2.45, 2.75) is 24.9 Å². The second-order valence-corrected chi connectivity index (χ2v) is 5.65. The lowest BCUT2D eigenvalue weighted by atomic mass is 9.95. The third-order valence-electron chi connectivity index (χ3n) is 2.31. The van der Waals surface area contributed by atoms with Crippen LogP contribution in [0.4, 0.5) is 4.39 Å². The van der Waals surface area contributed by atoms with E-state index in [1.54, 1.807) is 0 Å². The number of halogens is 1. The van der Waals surface area contributed by atoms with Crippen LogP contribution in [0.15, 0.2) is 0 Å². The summed E-state index contributed by atoms with van der Waals surface area (Å²) >= 11 is 0. The molecule has 0 unspecified atom stereocenters. The Morgan fingerprint density at radius 1 is 1.33 bits per heavy atom. The molecule has 3 nitrogen and oxygen atoms in total. The molecule has 0 saturated carbocycles. The van der Waals surface area contributed by atoms with Gasteiger partial charge >= 0.3 is 0 Å². The molecule has 0 aromatic rings. The van der Waals surface area contributed by atoms with Crippen LogP contribution in [0.25, 0.3) is 0 Å². The average Bonchev–Trinajstić information content (AvgIpc) is 1.98. The van der Waals surface area contributed by atoms with Gasteiger partial charge in [0.1, 0.15) is 5.67 Å². The number of hydrogen-bond acceptors (Lipinski definition) is 3.